The number of nitrogens with zero attached hydrogens (tertiary/aromatic N) is 6. The third-order valence-electron chi connectivity index (χ3n) is 12.9. The Hall–Kier alpha value is -8.84. The van der Waals surface area contributed by atoms with Crippen LogP contribution in [0.2, 0.25) is 0 Å². The molecule has 0 radical (unpaired) electrons. The molecule has 4 aromatic heterocycles. The van der Waals surface area contributed by atoms with Crippen LogP contribution in [0, 0.1) is 13.8 Å². The third-order valence-corrected chi connectivity index (χ3v) is 15.4. The zero-order chi connectivity index (χ0) is 56.0. The quantitative estimate of drug-likeness (QED) is 0.0833. The minimum absolute atomic E-state index is 0.0326. The van der Waals surface area contributed by atoms with E-state index in [9.17, 15) is 28.5 Å². The first-order chi connectivity index (χ1) is 38.1. The van der Waals surface area contributed by atoms with E-state index in [-0.39, 0.29) is 23.2 Å². The zero-order valence-electron chi connectivity index (χ0n) is 44.6. The molecule has 0 fully saturated rings. The van der Waals surface area contributed by atoms with Crippen molar-refractivity contribution in [1.29, 1.82) is 0 Å². The summed E-state index contributed by atoms with van der Waals surface area (Å²) in [6.45, 7) is 9.59. The molecule has 0 aliphatic heterocycles. The van der Waals surface area contributed by atoms with Crippen LogP contribution in [-0.2, 0) is 23.9 Å². The topological polar surface area (TPSA) is 194 Å². The van der Waals surface area contributed by atoms with Crippen LogP contribution in [0.5, 0.6) is 11.5 Å². The van der Waals surface area contributed by atoms with Gasteiger partial charge in [0.15, 0.2) is 0 Å². The molecule has 2 amide bonds. The zero-order valence-corrected chi connectivity index (χ0v) is 46.2. The van der Waals surface area contributed by atoms with Gasteiger partial charge in [0, 0.05) is 67.9 Å². The van der Waals surface area contributed by atoms with Crippen molar-refractivity contribution in [3.8, 4) is 22.9 Å². The van der Waals surface area contributed by atoms with E-state index >= 15 is 0 Å². The molecule has 0 bridgehead atoms. The van der Waals surface area contributed by atoms with Crippen molar-refractivity contribution < 1.29 is 28.4 Å². The number of pyridine rings is 2. The first kappa shape index (κ1) is 54.9. The first-order valence-corrected chi connectivity index (χ1v) is 27.3. The normalized spacial score (nSPS) is 11.7. The monoisotopic (exact) mass is 1090 g/mol. The van der Waals surface area contributed by atoms with Crippen LogP contribution in [0.3, 0.4) is 0 Å². The van der Waals surface area contributed by atoms with E-state index in [0.29, 0.717) is 61.7 Å². The lowest BCUT2D eigenvalue weighted by Gasteiger charge is -2.22. The molecule has 6 aromatic carbocycles. The van der Waals surface area contributed by atoms with Crippen LogP contribution in [0.15, 0.2) is 199 Å². The van der Waals surface area contributed by atoms with Gasteiger partial charge in [-0.2, -0.15) is 0 Å². The number of methoxy groups -OCH3 is 2. The highest BCUT2D eigenvalue weighted by Crippen LogP contribution is 2.35. The number of para-hydroxylation sites is 2. The Morgan fingerprint density at radius 1 is 0.633 bits per heavy atom. The van der Waals surface area contributed by atoms with Crippen molar-refractivity contribution >= 4 is 67.6 Å². The molecule has 0 aliphatic carbocycles. The summed E-state index contributed by atoms with van der Waals surface area (Å²) in [4.78, 5) is 65.6. The minimum atomic E-state index is -1.47. The van der Waals surface area contributed by atoms with E-state index in [0.717, 1.165) is 38.3 Å². The number of fused-ring (bicyclic) bond motifs is 2. The van der Waals surface area contributed by atoms with E-state index in [1.807, 2.05) is 121 Å². The summed E-state index contributed by atoms with van der Waals surface area (Å²) in [6, 6.07) is 47.6. The van der Waals surface area contributed by atoms with Gasteiger partial charge in [0.2, 0.25) is 0 Å². The average Bonchev–Trinajstić information content (AvgIpc) is 4.04. The molecule has 10 aromatic rings. The lowest BCUT2D eigenvalue weighted by molar-refractivity contribution is 0.0545. The van der Waals surface area contributed by atoms with Gasteiger partial charge in [-0.05, 0) is 143 Å². The molecule has 0 saturated carbocycles. The van der Waals surface area contributed by atoms with Gasteiger partial charge in [0.05, 0.1) is 75.9 Å². The number of ether oxygens (including phenoxy) is 2. The highest BCUT2D eigenvalue weighted by atomic mass is 32.2. The van der Waals surface area contributed by atoms with Gasteiger partial charge in [-0.15, -0.1) is 0 Å². The highest BCUT2D eigenvalue weighted by Gasteiger charge is 2.28. The molecular weight excluding hydrogens is 1040 g/mol. The minimum Gasteiger partial charge on any atom is -0.497 e. The number of hydrogen-bond acceptors (Lipinski definition) is 11. The number of nitrogens with one attached hydrogen (secondary N) is 2. The van der Waals surface area contributed by atoms with Gasteiger partial charge in [0.1, 0.15) is 22.6 Å². The number of amides is 2. The summed E-state index contributed by atoms with van der Waals surface area (Å²) >= 11 is 1.59. The van der Waals surface area contributed by atoms with Gasteiger partial charge in [-0.3, -0.25) is 38.5 Å². The van der Waals surface area contributed by atoms with Crippen molar-refractivity contribution in [3.05, 3.63) is 213 Å². The molecule has 0 saturated heterocycles. The summed E-state index contributed by atoms with van der Waals surface area (Å²) in [5, 5.41) is 18.0. The Morgan fingerprint density at radius 2 is 1.11 bits per heavy atom. The standard InChI is InChI=1S/C31H30N4O4S.C30H28N4O4S/c1-20-28(30(37)35(22-8-6-5-7-9-22)34(20)19-31(2,3)38)29(36)33-21-10-13-24(14-11-21)40-27-16-17-32-26-18-23(39-4)12-15-25(26)27;1-4-18-33-20(2)28(30(36)34(33)22-8-6-5-7-9-22)29(35)32-21-10-13-24(14-11-21)39(37)27-16-17-31-26-19-23(38-3)12-15-25(26)27/h5-18,38H,19H2,1-4H3,(H,33,36);5-17,19H,4,18H2,1-3H3,(H,32,35). The molecule has 10 rings (SSSR count). The summed E-state index contributed by atoms with van der Waals surface area (Å²) in [7, 11) is 1.75. The Balaban J connectivity index is 0.000000192. The van der Waals surface area contributed by atoms with Gasteiger partial charge >= 0.3 is 0 Å². The Morgan fingerprint density at radius 3 is 1.63 bits per heavy atom. The Kier molecular flexibility index (Phi) is 16.6. The molecule has 4 heterocycles. The van der Waals surface area contributed by atoms with E-state index in [4.69, 9.17) is 9.47 Å². The van der Waals surface area contributed by atoms with E-state index in [1.165, 1.54) is 4.68 Å². The van der Waals surface area contributed by atoms with Crippen LogP contribution < -0.4 is 31.2 Å². The van der Waals surface area contributed by atoms with Crippen LogP contribution in [0.1, 0.15) is 59.3 Å². The number of carbonyl (C=O) groups is 2. The summed E-state index contributed by atoms with van der Waals surface area (Å²) in [5.74, 6) is 0.438. The molecule has 1 atom stereocenters. The maximum atomic E-state index is 13.5. The number of aromatic nitrogens is 6. The lowest BCUT2D eigenvalue weighted by atomic mass is 10.1. The van der Waals surface area contributed by atoms with Crippen molar-refractivity contribution in [1.82, 2.24) is 28.7 Å². The predicted octanol–water partition coefficient (Wildman–Crippen LogP) is 11.0. The number of rotatable bonds is 16. The van der Waals surface area contributed by atoms with Crippen LogP contribution >= 0.6 is 11.8 Å². The second kappa shape index (κ2) is 23.8. The lowest BCUT2D eigenvalue weighted by Crippen LogP contribution is -2.32. The summed E-state index contributed by atoms with van der Waals surface area (Å²) in [5.41, 5.74) is 3.21. The van der Waals surface area contributed by atoms with Gasteiger partial charge in [-0.25, -0.2) is 13.6 Å². The molecule has 0 aliphatic rings. The summed E-state index contributed by atoms with van der Waals surface area (Å²) < 4.78 is 30.5. The van der Waals surface area contributed by atoms with E-state index in [1.54, 1.807) is 124 Å². The number of hydrogen-bond donors (Lipinski definition) is 3. The van der Waals surface area contributed by atoms with Crippen molar-refractivity contribution in [2.45, 2.75) is 79.3 Å². The van der Waals surface area contributed by atoms with E-state index in [2.05, 4.69) is 20.6 Å². The van der Waals surface area contributed by atoms with Gasteiger partial charge in [-0.1, -0.05) is 55.1 Å². The molecule has 0 spiro atoms. The average molecular weight is 1100 g/mol. The molecule has 18 heteroatoms. The number of anilines is 2. The largest absolute Gasteiger partial charge is 0.497 e. The maximum Gasteiger partial charge on any atom is 0.284 e. The molecule has 16 nitrogen and oxygen atoms in total. The molecule has 79 heavy (non-hydrogen) atoms. The fraction of sp³-hybridized carbons (Fsp3) is 0.180. The smallest absolute Gasteiger partial charge is 0.284 e. The van der Waals surface area contributed by atoms with Gasteiger partial charge in [0.25, 0.3) is 22.9 Å². The summed E-state index contributed by atoms with van der Waals surface area (Å²) in [6.07, 6.45) is 4.20. The molecule has 402 valence electrons. The van der Waals surface area contributed by atoms with Crippen molar-refractivity contribution in [2.75, 3.05) is 24.9 Å². The Bertz CT molecular complexity index is 4000. The third kappa shape index (κ3) is 12.0. The second-order valence-corrected chi connectivity index (χ2v) is 21.6. The SMILES string of the molecule is CCCn1c(C)c(C(=O)Nc2ccc(S(=O)c3ccnc4cc(OC)ccc34)cc2)c(=O)n1-c1ccccc1.COc1ccc2c(Sc3ccc(NC(=O)c4c(C)n(CC(C)(C)O)n(-c5ccccc5)c4=O)cc3)ccnc2c1. The molecule has 1 unspecified atom stereocenters. The maximum absolute atomic E-state index is 13.5. The Labute approximate surface area is 462 Å². The highest BCUT2D eigenvalue weighted by molar-refractivity contribution is 7.99. The first-order valence-electron chi connectivity index (χ1n) is 25.3. The predicted molar refractivity (Wildman–Crippen MR) is 310 cm³/mol. The number of aliphatic hydroxyl groups is 1. The van der Waals surface area contributed by atoms with Crippen molar-refractivity contribution in [2.24, 2.45) is 0 Å². The van der Waals surface area contributed by atoms with Gasteiger partial charge < -0.3 is 25.2 Å². The van der Waals surface area contributed by atoms with Crippen LogP contribution in [0.25, 0.3) is 33.2 Å². The number of carbonyl (C=O) groups excluding carboxylic acids is 2. The van der Waals surface area contributed by atoms with Crippen LogP contribution in [-0.4, -0.2) is 69.6 Å². The number of benzene rings is 6. The van der Waals surface area contributed by atoms with Crippen LogP contribution in [0.4, 0.5) is 11.4 Å². The molecular formula is C61H58N8O8S2. The fourth-order valence-corrected chi connectivity index (χ4v) is 11.3. The fourth-order valence-electron chi connectivity index (χ4n) is 9.13. The van der Waals surface area contributed by atoms with E-state index < -0.39 is 33.8 Å². The van der Waals surface area contributed by atoms with Crippen molar-refractivity contribution in [3.63, 3.8) is 0 Å². The molecule has 3 N–H and O–H groups in total. The second-order valence-electron chi connectivity index (χ2n) is 19.0.